The minimum absolute atomic E-state index is 0.354. The predicted octanol–water partition coefficient (Wildman–Crippen LogP) is 2.32. The monoisotopic (exact) mass is 292 g/mol. The normalized spacial score (nSPS) is 14.7. The van der Waals surface area contributed by atoms with E-state index >= 15 is 0 Å². The number of nitrogens with zero attached hydrogens (tertiary/aromatic N) is 3. The summed E-state index contributed by atoms with van der Waals surface area (Å²) in [6.07, 6.45) is 4.54. The molecule has 118 valence electrons. The summed E-state index contributed by atoms with van der Waals surface area (Å²) in [6, 6.07) is 0.684. The Labute approximate surface area is 128 Å². The molecule has 0 unspecified atom stereocenters. The van der Waals surface area contributed by atoms with Gasteiger partial charge in [0.05, 0.1) is 24.2 Å². The van der Waals surface area contributed by atoms with E-state index in [2.05, 4.69) is 36.1 Å². The Morgan fingerprint density at radius 1 is 1.43 bits per heavy atom. The summed E-state index contributed by atoms with van der Waals surface area (Å²) < 4.78 is 5.44. The highest BCUT2D eigenvalue weighted by molar-refractivity contribution is 5.48. The lowest BCUT2D eigenvalue weighted by Gasteiger charge is -2.22. The van der Waals surface area contributed by atoms with Gasteiger partial charge in [-0.15, -0.1) is 0 Å². The highest BCUT2D eigenvalue weighted by Gasteiger charge is 2.21. The van der Waals surface area contributed by atoms with Crippen molar-refractivity contribution in [2.24, 2.45) is 0 Å². The first-order valence-corrected chi connectivity index (χ1v) is 7.99. The molecule has 1 N–H and O–H groups in total. The molecule has 2 rings (SSSR count). The van der Waals surface area contributed by atoms with Gasteiger partial charge in [0.1, 0.15) is 5.82 Å². The average molecular weight is 292 g/mol. The Morgan fingerprint density at radius 2 is 2.19 bits per heavy atom. The van der Waals surface area contributed by atoms with Gasteiger partial charge in [-0.3, -0.25) is 0 Å². The number of nitrogens with one attached hydrogen (secondary N) is 1. The third-order valence-corrected chi connectivity index (χ3v) is 3.70. The van der Waals surface area contributed by atoms with Crippen molar-refractivity contribution in [1.82, 2.24) is 15.3 Å². The van der Waals surface area contributed by atoms with Crippen LogP contribution < -0.4 is 10.2 Å². The first-order valence-electron chi connectivity index (χ1n) is 7.99. The van der Waals surface area contributed by atoms with Crippen molar-refractivity contribution < 1.29 is 4.74 Å². The Kier molecular flexibility index (Phi) is 5.94. The quantitative estimate of drug-likeness (QED) is 0.708. The molecule has 0 aliphatic heterocycles. The van der Waals surface area contributed by atoms with Gasteiger partial charge in [-0.2, -0.15) is 0 Å². The van der Waals surface area contributed by atoms with Gasteiger partial charge in [-0.05, 0) is 19.8 Å². The van der Waals surface area contributed by atoms with Gasteiger partial charge < -0.3 is 15.0 Å². The van der Waals surface area contributed by atoms with Crippen LogP contribution in [0.5, 0.6) is 0 Å². The van der Waals surface area contributed by atoms with Crippen molar-refractivity contribution in [2.45, 2.75) is 52.1 Å². The molecule has 0 bridgehead atoms. The largest absolute Gasteiger partial charge is 0.380 e. The average Bonchev–Trinajstić information content (AvgIpc) is 3.29. The zero-order valence-corrected chi connectivity index (χ0v) is 13.7. The zero-order valence-electron chi connectivity index (χ0n) is 13.7. The van der Waals surface area contributed by atoms with E-state index in [1.807, 2.05) is 13.1 Å². The number of aromatic nitrogens is 2. The molecule has 0 saturated heterocycles. The van der Waals surface area contributed by atoms with Crippen LogP contribution in [0.25, 0.3) is 0 Å². The second kappa shape index (κ2) is 7.71. The number of hydrogen-bond acceptors (Lipinski definition) is 5. The highest BCUT2D eigenvalue weighted by Crippen LogP contribution is 2.23. The second-order valence-corrected chi connectivity index (χ2v) is 5.99. The molecule has 1 aliphatic carbocycles. The molecule has 1 aromatic rings. The van der Waals surface area contributed by atoms with E-state index in [4.69, 9.17) is 9.72 Å². The summed E-state index contributed by atoms with van der Waals surface area (Å²) in [7, 11) is 2.08. The fraction of sp³-hybridized carbons (Fsp3) is 0.750. The van der Waals surface area contributed by atoms with E-state index in [0.29, 0.717) is 12.0 Å². The molecule has 0 spiro atoms. The molecule has 1 aromatic heterocycles. The summed E-state index contributed by atoms with van der Waals surface area (Å²) in [5.74, 6) is 1.28. The lowest BCUT2D eigenvalue weighted by atomic mass is 10.2. The Bertz CT molecular complexity index is 446. The molecular weight excluding hydrogens is 264 g/mol. The van der Waals surface area contributed by atoms with Gasteiger partial charge in [0.2, 0.25) is 0 Å². The Hall–Kier alpha value is -1.20. The van der Waals surface area contributed by atoms with Gasteiger partial charge in [-0.1, -0.05) is 13.8 Å². The summed E-state index contributed by atoms with van der Waals surface area (Å²) in [6.45, 7) is 9.44. The van der Waals surface area contributed by atoms with E-state index in [1.54, 1.807) is 0 Å². The van der Waals surface area contributed by atoms with Gasteiger partial charge in [0, 0.05) is 38.7 Å². The summed E-state index contributed by atoms with van der Waals surface area (Å²) in [5, 5.41) is 3.55. The van der Waals surface area contributed by atoms with E-state index in [-0.39, 0.29) is 0 Å². The maximum Gasteiger partial charge on any atom is 0.131 e. The van der Waals surface area contributed by atoms with E-state index in [1.165, 1.54) is 12.8 Å². The van der Waals surface area contributed by atoms with E-state index in [9.17, 15) is 0 Å². The number of hydrogen-bond donors (Lipinski definition) is 1. The SMILES string of the molecule is CCOCCN(C)c1cnc(C(C)C)nc1CNC1CC1. The molecule has 0 atom stereocenters. The number of rotatable bonds is 9. The van der Waals surface area contributed by atoms with Crippen LogP contribution in [0.2, 0.25) is 0 Å². The van der Waals surface area contributed by atoms with Crippen LogP contribution in [-0.2, 0) is 11.3 Å². The first-order chi connectivity index (χ1) is 10.1. The van der Waals surface area contributed by atoms with Crippen LogP contribution in [0.15, 0.2) is 6.20 Å². The molecule has 0 amide bonds. The van der Waals surface area contributed by atoms with Crippen LogP contribution >= 0.6 is 0 Å². The molecule has 1 heterocycles. The summed E-state index contributed by atoms with van der Waals surface area (Å²) >= 11 is 0. The minimum Gasteiger partial charge on any atom is -0.380 e. The standard InChI is InChI=1S/C16H28N4O/c1-5-21-9-8-20(4)15-11-18-16(12(2)3)19-14(15)10-17-13-6-7-13/h11-13,17H,5-10H2,1-4H3. The first kappa shape index (κ1) is 16.2. The van der Waals surface area contributed by atoms with Crippen molar-refractivity contribution in [3.8, 4) is 0 Å². The highest BCUT2D eigenvalue weighted by atomic mass is 16.5. The summed E-state index contributed by atoms with van der Waals surface area (Å²) in [5.41, 5.74) is 2.20. The molecule has 1 fully saturated rings. The molecule has 5 nitrogen and oxygen atoms in total. The topological polar surface area (TPSA) is 50.3 Å². The molecule has 5 heteroatoms. The molecule has 21 heavy (non-hydrogen) atoms. The second-order valence-electron chi connectivity index (χ2n) is 5.99. The van der Waals surface area contributed by atoms with Crippen molar-refractivity contribution in [2.75, 3.05) is 31.7 Å². The van der Waals surface area contributed by atoms with Crippen molar-refractivity contribution in [3.63, 3.8) is 0 Å². The van der Waals surface area contributed by atoms with Gasteiger partial charge in [-0.25, -0.2) is 9.97 Å². The zero-order chi connectivity index (χ0) is 15.2. The van der Waals surface area contributed by atoms with Crippen molar-refractivity contribution in [1.29, 1.82) is 0 Å². The van der Waals surface area contributed by atoms with Crippen molar-refractivity contribution >= 4 is 5.69 Å². The van der Waals surface area contributed by atoms with Crippen LogP contribution in [0, 0.1) is 0 Å². The van der Waals surface area contributed by atoms with Crippen molar-refractivity contribution in [3.05, 3.63) is 17.7 Å². The van der Waals surface area contributed by atoms with Gasteiger partial charge in [0.25, 0.3) is 0 Å². The van der Waals surface area contributed by atoms with E-state index in [0.717, 1.165) is 43.5 Å². The fourth-order valence-electron chi connectivity index (χ4n) is 2.15. The maximum absolute atomic E-state index is 5.44. The number of likely N-dealkylation sites (N-methyl/N-ethyl adjacent to an activating group) is 1. The third kappa shape index (κ3) is 4.93. The summed E-state index contributed by atoms with van der Waals surface area (Å²) in [4.78, 5) is 11.5. The van der Waals surface area contributed by atoms with Gasteiger partial charge in [0.15, 0.2) is 0 Å². The minimum atomic E-state index is 0.354. The Balaban J connectivity index is 2.08. The molecule has 1 aliphatic rings. The van der Waals surface area contributed by atoms with E-state index < -0.39 is 0 Å². The number of ether oxygens (including phenoxy) is 1. The molecule has 0 radical (unpaired) electrons. The Morgan fingerprint density at radius 3 is 2.81 bits per heavy atom. The number of anilines is 1. The maximum atomic E-state index is 5.44. The molecular formula is C16H28N4O. The van der Waals surface area contributed by atoms with Crippen LogP contribution in [0.4, 0.5) is 5.69 Å². The van der Waals surface area contributed by atoms with Crippen LogP contribution in [0.1, 0.15) is 51.0 Å². The predicted molar refractivity (Wildman–Crippen MR) is 85.7 cm³/mol. The molecule has 0 aromatic carbocycles. The fourth-order valence-corrected chi connectivity index (χ4v) is 2.15. The van der Waals surface area contributed by atoms with Crippen LogP contribution in [-0.4, -0.2) is 42.8 Å². The lowest BCUT2D eigenvalue weighted by Crippen LogP contribution is -2.27. The molecule has 1 saturated carbocycles. The van der Waals surface area contributed by atoms with Crippen LogP contribution in [0.3, 0.4) is 0 Å². The lowest BCUT2D eigenvalue weighted by molar-refractivity contribution is 0.154. The van der Waals surface area contributed by atoms with Gasteiger partial charge >= 0.3 is 0 Å². The third-order valence-electron chi connectivity index (χ3n) is 3.70. The smallest absolute Gasteiger partial charge is 0.131 e.